The van der Waals surface area contributed by atoms with Crippen LogP contribution in [-0.4, -0.2) is 33.3 Å². The molecule has 9 heteroatoms. The second-order valence-corrected chi connectivity index (χ2v) is 7.34. The van der Waals surface area contributed by atoms with Gasteiger partial charge in [0.05, 0.1) is 22.2 Å². The highest BCUT2D eigenvalue weighted by Gasteiger charge is 2.16. The van der Waals surface area contributed by atoms with Crippen molar-refractivity contribution in [2.24, 2.45) is 0 Å². The van der Waals surface area contributed by atoms with E-state index in [0.29, 0.717) is 6.54 Å². The van der Waals surface area contributed by atoms with Gasteiger partial charge in [-0.05, 0) is 43.3 Å². The maximum Gasteiger partial charge on any atom is 0.261 e. The lowest BCUT2D eigenvalue weighted by Gasteiger charge is -2.10. The van der Waals surface area contributed by atoms with Gasteiger partial charge in [0, 0.05) is 12.1 Å². The first-order valence-corrected chi connectivity index (χ1v) is 9.62. The smallest absolute Gasteiger partial charge is 0.261 e. The highest BCUT2D eigenvalue weighted by molar-refractivity contribution is 7.92. The quantitative estimate of drug-likeness (QED) is 0.666. The predicted octanol–water partition coefficient (Wildman–Crippen LogP) is 2.01. The largest absolute Gasteiger partial charge is 0.355 e. The Hall–Kier alpha value is -2.58. The van der Waals surface area contributed by atoms with Crippen LogP contribution in [0.1, 0.15) is 17.3 Å². The van der Waals surface area contributed by atoms with Gasteiger partial charge in [0.1, 0.15) is 0 Å². The molecule has 2 rings (SSSR count). The van der Waals surface area contributed by atoms with Crippen molar-refractivity contribution in [1.82, 2.24) is 10.6 Å². The number of rotatable bonds is 7. The minimum absolute atomic E-state index is 0.0160. The molecule has 2 aromatic rings. The summed E-state index contributed by atoms with van der Waals surface area (Å²) in [7, 11) is -3.84. The zero-order valence-electron chi connectivity index (χ0n) is 14.0. The van der Waals surface area contributed by atoms with Crippen LogP contribution in [0.2, 0.25) is 5.02 Å². The molecule has 0 aliphatic rings. The van der Waals surface area contributed by atoms with Crippen molar-refractivity contribution in [1.29, 1.82) is 0 Å². The predicted molar refractivity (Wildman–Crippen MR) is 99.7 cm³/mol. The molecule has 2 amide bonds. The first-order valence-electron chi connectivity index (χ1n) is 7.76. The lowest BCUT2D eigenvalue weighted by Crippen LogP contribution is -2.36. The van der Waals surface area contributed by atoms with Gasteiger partial charge in [-0.15, -0.1) is 0 Å². The van der Waals surface area contributed by atoms with Crippen LogP contribution in [0.3, 0.4) is 0 Å². The van der Waals surface area contributed by atoms with E-state index in [0.717, 1.165) is 0 Å². The van der Waals surface area contributed by atoms with E-state index in [1.165, 1.54) is 24.3 Å². The molecule has 0 atom stereocenters. The minimum Gasteiger partial charge on any atom is -0.355 e. The van der Waals surface area contributed by atoms with Crippen LogP contribution in [0.15, 0.2) is 53.4 Å². The number of hydrogen-bond donors (Lipinski definition) is 3. The Morgan fingerprint density at radius 2 is 1.65 bits per heavy atom. The Labute approximate surface area is 156 Å². The number of benzene rings is 2. The Morgan fingerprint density at radius 3 is 2.27 bits per heavy atom. The average molecular weight is 396 g/mol. The zero-order chi connectivity index (χ0) is 19.2. The van der Waals surface area contributed by atoms with Crippen LogP contribution in [-0.2, 0) is 14.8 Å². The van der Waals surface area contributed by atoms with E-state index in [4.69, 9.17) is 11.6 Å². The monoisotopic (exact) mass is 395 g/mol. The molecule has 0 heterocycles. The highest BCUT2D eigenvalue weighted by atomic mass is 35.5. The SMILES string of the molecule is CCNC(=O)CNC(=O)c1ccc(S(=O)(=O)Nc2ccccc2Cl)cc1. The summed E-state index contributed by atoms with van der Waals surface area (Å²) in [5.74, 6) is -0.775. The molecule has 138 valence electrons. The van der Waals surface area contributed by atoms with Crippen molar-refractivity contribution in [3.8, 4) is 0 Å². The number of para-hydroxylation sites is 1. The van der Waals surface area contributed by atoms with Gasteiger partial charge in [0.15, 0.2) is 0 Å². The van der Waals surface area contributed by atoms with Gasteiger partial charge < -0.3 is 10.6 Å². The van der Waals surface area contributed by atoms with E-state index in [9.17, 15) is 18.0 Å². The molecule has 0 saturated heterocycles. The summed E-state index contributed by atoms with van der Waals surface area (Å²) in [6, 6.07) is 11.8. The number of carbonyl (C=O) groups excluding carboxylic acids is 2. The Kier molecular flexibility index (Phi) is 6.59. The number of anilines is 1. The fourth-order valence-corrected chi connectivity index (χ4v) is 3.37. The van der Waals surface area contributed by atoms with Gasteiger partial charge in [-0.25, -0.2) is 8.42 Å². The van der Waals surface area contributed by atoms with E-state index in [-0.39, 0.29) is 33.6 Å². The number of carbonyl (C=O) groups is 2. The van der Waals surface area contributed by atoms with E-state index in [1.807, 2.05) is 0 Å². The van der Waals surface area contributed by atoms with Gasteiger partial charge in [0.25, 0.3) is 15.9 Å². The number of hydrogen-bond acceptors (Lipinski definition) is 4. The maximum absolute atomic E-state index is 12.4. The van der Waals surface area contributed by atoms with Crippen molar-refractivity contribution in [2.45, 2.75) is 11.8 Å². The lowest BCUT2D eigenvalue weighted by molar-refractivity contribution is -0.120. The van der Waals surface area contributed by atoms with Crippen molar-refractivity contribution < 1.29 is 18.0 Å². The van der Waals surface area contributed by atoms with Gasteiger partial charge in [-0.3, -0.25) is 14.3 Å². The Balaban J connectivity index is 2.07. The second kappa shape index (κ2) is 8.68. The fraction of sp³-hybridized carbons (Fsp3) is 0.176. The molecule has 0 saturated carbocycles. The highest BCUT2D eigenvalue weighted by Crippen LogP contribution is 2.24. The van der Waals surface area contributed by atoms with Crippen molar-refractivity contribution >= 4 is 39.1 Å². The molecule has 2 aromatic carbocycles. The number of likely N-dealkylation sites (N-methyl/N-ethyl adjacent to an activating group) is 1. The van der Waals surface area contributed by atoms with Crippen LogP contribution in [0.5, 0.6) is 0 Å². The summed E-state index contributed by atoms with van der Waals surface area (Å²) < 4.78 is 27.2. The van der Waals surface area contributed by atoms with Gasteiger partial charge >= 0.3 is 0 Å². The molecular weight excluding hydrogens is 378 g/mol. The molecule has 3 N–H and O–H groups in total. The average Bonchev–Trinajstić information content (AvgIpc) is 2.62. The van der Waals surface area contributed by atoms with Gasteiger partial charge in [-0.1, -0.05) is 23.7 Å². The number of sulfonamides is 1. The molecule has 7 nitrogen and oxygen atoms in total. The summed E-state index contributed by atoms with van der Waals surface area (Å²) >= 11 is 5.95. The third-order valence-corrected chi connectivity index (χ3v) is 5.04. The fourth-order valence-electron chi connectivity index (χ4n) is 2.06. The first-order chi connectivity index (χ1) is 12.3. The van der Waals surface area contributed by atoms with E-state index >= 15 is 0 Å². The molecule has 0 radical (unpaired) electrons. The Morgan fingerprint density at radius 1 is 1.00 bits per heavy atom. The van der Waals surface area contributed by atoms with E-state index < -0.39 is 15.9 Å². The minimum atomic E-state index is -3.84. The number of nitrogens with one attached hydrogen (secondary N) is 3. The summed E-state index contributed by atoms with van der Waals surface area (Å²) in [6.07, 6.45) is 0. The third kappa shape index (κ3) is 5.21. The summed E-state index contributed by atoms with van der Waals surface area (Å²) in [5.41, 5.74) is 0.504. The first kappa shape index (κ1) is 19.7. The molecule has 0 aliphatic carbocycles. The molecule has 0 fully saturated rings. The molecule has 0 aromatic heterocycles. The van der Waals surface area contributed by atoms with Gasteiger partial charge in [-0.2, -0.15) is 0 Å². The van der Waals surface area contributed by atoms with Crippen LogP contribution in [0.25, 0.3) is 0 Å². The summed E-state index contributed by atoms with van der Waals surface area (Å²) in [5, 5.41) is 5.29. The second-order valence-electron chi connectivity index (χ2n) is 5.25. The lowest BCUT2D eigenvalue weighted by atomic mass is 10.2. The van der Waals surface area contributed by atoms with E-state index in [2.05, 4.69) is 15.4 Å². The van der Waals surface area contributed by atoms with Crippen LogP contribution in [0, 0.1) is 0 Å². The maximum atomic E-state index is 12.4. The number of amides is 2. The molecule has 0 bridgehead atoms. The molecular formula is C17H18ClN3O4S. The molecule has 26 heavy (non-hydrogen) atoms. The van der Waals surface area contributed by atoms with Crippen LogP contribution < -0.4 is 15.4 Å². The van der Waals surface area contributed by atoms with Crippen LogP contribution in [0.4, 0.5) is 5.69 Å². The van der Waals surface area contributed by atoms with Crippen molar-refractivity contribution in [3.05, 3.63) is 59.1 Å². The summed E-state index contributed by atoms with van der Waals surface area (Å²) in [4.78, 5) is 23.3. The standard InChI is InChI=1S/C17H18ClN3O4S/c1-2-19-16(22)11-20-17(23)12-7-9-13(10-8-12)26(24,25)21-15-6-4-3-5-14(15)18/h3-10,21H,2,11H2,1H3,(H,19,22)(H,20,23). The topological polar surface area (TPSA) is 104 Å². The van der Waals surface area contributed by atoms with Crippen molar-refractivity contribution in [3.63, 3.8) is 0 Å². The van der Waals surface area contributed by atoms with Crippen LogP contribution >= 0.6 is 11.6 Å². The van der Waals surface area contributed by atoms with Gasteiger partial charge in [0.2, 0.25) is 5.91 Å². The Bertz CT molecular complexity index is 898. The van der Waals surface area contributed by atoms with E-state index in [1.54, 1.807) is 31.2 Å². The third-order valence-electron chi connectivity index (χ3n) is 3.33. The molecule has 0 unspecified atom stereocenters. The normalized spacial score (nSPS) is 10.8. The number of halogens is 1. The van der Waals surface area contributed by atoms with Crippen molar-refractivity contribution in [2.75, 3.05) is 17.8 Å². The summed E-state index contributed by atoms with van der Waals surface area (Å²) in [6.45, 7) is 2.09. The molecule has 0 aliphatic heterocycles. The molecule has 0 spiro atoms. The zero-order valence-corrected chi connectivity index (χ0v) is 15.5.